The summed E-state index contributed by atoms with van der Waals surface area (Å²) in [6.45, 7) is 2.59. The quantitative estimate of drug-likeness (QED) is 0.858. The number of amides is 1. The number of benzene rings is 1. The summed E-state index contributed by atoms with van der Waals surface area (Å²) < 4.78 is 12.9. The minimum atomic E-state index is -0.332. The second-order valence-corrected chi connectivity index (χ2v) is 5.86. The normalized spacial score (nSPS) is 17.2. The van der Waals surface area contributed by atoms with Gasteiger partial charge in [-0.2, -0.15) is 0 Å². The maximum Gasteiger partial charge on any atom is 0.245 e. The Kier molecular flexibility index (Phi) is 4.55. The monoisotopic (exact) mass is 327 g/mol. The van der Waals surface area contributed by atoms with Crippen LogP contribution in [0.15, 0.2) is 42.6 Å². The van der Waals surface area contributed by atoms with Gasteiger partial charge in [-0.1, -0.05) is 12.1 Å². The fourth-order valence-electron chi connectivity index (χ4n) is 2.71. The predicted molar refractivity (Wildman–Crippen MR) is 88.1 cm³/mol. The van der Waals surface area contributed by atoms with E-state index in [4.69, 9.17) is 0 Å². The Bertz CT molecular complexity index is 744. The van der Waals surface area contributed by atoms with Gasteiger partial charge < -0.3 is 10.2 Å². The molecule has 1 aromatic carbocycles. The highest BCUT2D eigenvalue weighted by molar-refractivity contribution is 5.94. The molecule has 0 aliphatic carbocycles. The van der Waals surface area contributed by atoms with Gasteiger partial charge in [-0.25, -0.2) is 9.37 Å². The van der Waals surface area contributed by atoms with E-state index in [0.717, 1.165) is 5.56 Å². The van der Waals surface area contributed by atoms with Crippen LogP contribution in [0.5, 0.6) is 0 Å². The molecule has 1 amide bonds. The zero-order valence-electron chi connectivity index (χ0n) is 13.3. The Morgan fingerprint density at radius 1 is 1.29 bits per heavy atom. The first-order valence-electron chi connectivity index (χ1n) is 7.79. The van der Waals surface area contributed by atoms with Gasteiger partial charge in [0.2, 0.25) is 5.91 Å². The molecular weight excluding hydrogens is 309 g/mol. The van der Waals surface area contributed by atoms with E-state index in [1.807, 2.05) is 0 Å². The van der Waals surface area contributed by atoms with E-state index >= 15 is 0 Å². The van der Waals surface area contributed by atoms with E-state index in [2.05, 4.69) is 10.3 Å². The molecule has 5 nitrogen and oxygen atoms in total. The molecule has 1 aliphatic rings. The number of ketones is 1. The Balaban J connectivity index is 1.61. The Labute approximate surface area is 139 Å². The maximum atomic E-state index is 12.9. The Hall–Kier alpha value is -2.76. The third-order valence-corrected chi connectivity index (χ3v) is 4.08. The van der Waals surface area contributed by atoms with Crippen LogP contribution in [0.3, 0.4) is 0 Å². The van der Waals surface area contributed by atoms with Crippen molar-refractivity contribution in [2.75, 3.05) is 11.9 Å². The largest absolute Gasteiger partial charge is 0.358 e. The molecule has 0 bridgehead atoms. The number of anilines is 1. The van der Waals surface area contributed by atoms with Gasteiger partial charge in [0.15, 0.2) is 5.78 Å². The van der Waals surface area contributed by atoms with Crippen molar-refractivity contribution in [3.8, 4) is 0 Å². The number of nitrogens with zero attached hydrogens (tertiary/aromatic N) is 2. The maximum absolute atomic E-state index is 12.9. The number of pyridine rings is 1. The summed E-state index contributed by atoms with van der Waals surface area (Å²) in [4.78, 5) is 29.6. The first kappa shape index (κ1) is 16.1. The highest BCUT2D eigenvalue weighted by Crippen LogP contribution is 2.19. The molecular formula is C18H18FN3O2. The molecule has 0 spiro atoms. The number of carbonyl (C=O) groups excluding carboxylic acids is 2. The standard InChI is InChI=1S/C18H18FN3O2/c1-12(23)14-4-7-17(20-10-14)21-16-8-9-22(18(16)24)11-13-2-5-15(19)6-3-13/h2-7,10,16H,8-9,11H2,1H3,(H,20,21)/t16-/m0/s1. The molecule has 0 unspecified atom stereocenters. The number of nitrogens with one attached hydrogen (secondary N) is 1. The summed E-state index contributed by atoms with van der Waals surface area (Å²) >= 11 is 0. The van der Waals surface area contributed by atoms with Gasteiger partial charge in [-0.05, 0) is 43.2 Å². The molecule has 1 atom stereocenters. The van der Waals surface area contributed by atoms with Crippen molar-refractivity contribution in [2.45, 2.75) is 25.9 Å². The van der Waals surface area contributed by atoms with Crippen molar-refractivity contribution in [1.29, 1.82) is 0 Å². The van der Waals surface area contributed by atoms with Gasteiger partial charge in [0.1, 0.15) is 17.7 Å². The molecule has 0 radical (unpaired) electrons. The van der Waals surface area contributed by atoms with Crippen molar-refractivity contribution >= 4 is 17.5 Å². The summed E-state index contributed by atoms with van der Waals surface area (Å²) in [5.74, 6) is 0.237. The molecule has 1 fully saturated rings. The lowest BCUT2D eigenvalue weighted by molar-refractivity contribution is -0.128. The van der Waals surface area contributed by atoms with E-state index in [-0.39, 0.29) is 23.5 Å². The second-order valence-electron chi connectivity index (χ2n) is 5.86. The highest BCUT2D eigenvalue weighted by atomic mass is 19.1. The van der Waals surface area contributed by atoms with E-state index in [1.165, 1.54) is 25.3 Å². The smallest absolute Gasteiger partial charge is 0.245 e. The average molecular weight is 327 g/mol. The van der Waals surface area contributed by atoms with Gasteiger partial charge >= 0.3 is 0 Å². The highest BCUT2D eigenvalue weighted by Gasteiger charge is 2.31. The minimum absolute atomic E-state index is 0.00299. The number of hydrogen-bond donors (Lipinski definition) is 1. The van der Waals surface area contributed by atoms with Crippen LogP contribution in [-0.2, 0) is 11.3 Å². The van der Waals surface area contributed by atoms with Crippen LogP contribution in [0.25, 0.3) is 0 Å². The molecule has 24 heavy (non-hydrogen) atoms. The second kappa shape index (κ2) is 6.78. The van der Waals surface area contributed by atoms with Crippen LogP contribution in [0.4, 0.5) is 10.2 Å². The topological polar surface area (TPSA) is 62.3 Å². The number of hydrogen-bond acceptors (Lipinski definition) is 4. The van der Waals surface area contributed by atoms with E-state index < -0.39 is 0 Å². The molecule has 1 aliphatic heterocycles. The number of rotatable bonds is 5. The average Bonchev–Trinajstić information content (AvgIpc) is 2.91. The van der Waals surface area contributed by atoms with Crippen LogP contribution in [0.1, 0.15) is 29.3 Å². The number of likely N-dealkylation sites (tertiary alicyclic amines) is 1. The summed E-state index contributed by atoms with van der Waals surface area (Å²) in [6, 6.07) is 9.22. The number of aromatic nitrogens is 1. The summed E-state index contributed by atoms with van der Waals surface area (Å²) in [6.07, 6.45) is 2.18. The first-order chi connectivity index (χ1) is 11.5. The summed E-state index contributed by atoms with van der Waals surface area (Å²) in [7, 11) is 0. The number of carbonyl (C=O) groups is 2. The van der Waals surface area contributed by atoms with Gasteiger partial charge in [-0.15, -0.1) is 0 Å². The third-order valence-electron chi connectivity index (χ3n) is 4.08. The Morgan fingerprint density at radius 3 is 2.67 bits per heavy atom. The third kappa shape index (κ3) is 3.59. The minimum Gasteiger partial charge on any atom is -0.358 e. The molecule has 1 N–H and O–H groups in total. The molecule has 3 rings (SSSR count). The van der Waals surface area contributed by atoms with Crippen molar-refractivity contribution < 1.29 is 14.0 Å². The predicted octanol–water partition coefficient (Wildman–Crippen LogP) is 2.64. The van der Waals surface area contributed by atoms with Crippen LogP contribution in [0.2, 0.25) is 0 Å². The lowest BCUT2D eigenvalue weighted by Crippen LogP contribution is -2.33. The molecule has 0 saturated carbocycles. The molecule has 1 saturated heterocycles. The van der Waals surface area contributed by atoms with Crippen molar-refractivity contribution in [2.24, 2.45) is 0 Å². The molecule has 6 heteroatoms. The van der Waals surface area contributed by atoms with E-state index in [9.17, 15) is 14.0 Å². The lowest BCUT2D eigenvalue weighted by Gasteiger charge is -2.17. The van der Waals surface area contributed by atoms with Crippen molar-refractivity contribution in [3.05, 3.63) is 59.5 Å². The summed E-state index contributed by atoms with van der Waals surface area (Å²) in [5.41, 5.74) is 1.44. The van der Waals surface area contributed by atoms with Crippen molar-refractivity contribution in [1.82, 2.24) is 9.88 Å². The lowest BCUT2D eigenvalue weighted by atomic mass is 10.2. The molecule has 124 valence electrons. The zero-order valence-corrected chi connectivity index (χ0v) is 13.3. The van der Waals surface area contributed by atoms with Crippen LogP contribution < -0.4 is 5.32 Å². The van der Waals surface area contributed by atoms with Gasteiger partial charge in [0.05, 0.1) is 0 Å². The zero-order chi connectivity index (χ0) is 17.1. The summed E-state index contributed by atoms with van der Waals surface area (Å²) in [5, 5.41) is 3.11. The SMILES string of the molecule is CC(=O)c1ccc(N[C@H]2CCN(Cc3ccc(F)cc3)C2=O)nc1. The van der Waals surface area contributed by atoms with Crippen molar-refractivity contribution in [3.63, 3.8) is 0 Å². The number of Topliss-reactive ketones (excluding diaryl/α,β-unsaturated/α-hetero) is 1. The van der Waals surface area contributed by atoms with Crippen LogP contribution >= 0.6 is 0 Å². The Morgan fingerprint density at radius 2 is 2.04 bits per heavy atom. The fourth-order valence-corrected chi connectivity index (χ4v) is 2.71. The molecule has 2 heterocycles. The van der Waals surface area contributed by atoms with E-state index in [1.54, 1.807) is 29.2 Å². The number of halogens is 1. The van der Waals surface area contributed by atoms with Gasteiger partial charge in [0.25, 0.3) is 0 Å². The van der Waals surface area contributed by atoms with Gasteiger partial charge in [-0.3, -0.25) is 9.59 Å². The van der Waals surface area contributed by atoms with Crippen LogP contribution in [-0.4, -0.2) is 34.2 Å². The van der Waals surface area contributed by atoms with Gasteiger partial charge in [0, 0.05) is 24.8 Å². The first-order valence-corrected chi connectivity index (χ1v) is 7.79. The van der Waals surface area contributed by atoms with Crippen LogP contribution in [0, 0.1) is 5.82 Å². The molecule has 2 aromatic rings. The fraction of sp³-hybridized carbons (Fsp3) is 0.278. The molecule has 1 aromatic heterocycles. The van der Waals surface area contributed by atoms with E-state index in [0.29, 0.717) is 30.9 Å².